The number of rotatable bonds is 9. The Hall–Kier alpha value is -3.82. The zero-order valence-electron chi connectivity index (χ0n) is 18.8. The lowest BCUT2D eigenvalue weighted by molar-refractivity contribution is -0.142. The van der Waals surface area contributed by atoms with Crippen LogP contribution in [0, 0.1) is 17.0 Å². The summed E-state index contributed by atoms with van der Waals surface area (Å²) in [5.74, 6) is -4.02. The van der Waals surface area contributed by atoms with Crippen molar-refractivity contribution in [3.05, 3.63) is 101 Å². The standard InChI is InChI=1S/C25H24F2N4O3.ClH/c1-34-25(24(30)33,14-16-7-9-17(10-8-16)23(28)29)21-18(26)11-12-19(22(21)27)31-20(32)13-15-5-3-2-4-6-15;/h2-12H,13-14H2,1H3,(H3,28,29)(H2,30,33)(H,31,32);1H. The van der Waals surface area contributed by atoms with Crippen molar-refractivity contribution in [2.45, 2.75) is 18.4 Å². The molecule has 1 atom stereocenters. The topological polar surface area (TPSA) is 131 Å². The van der Waals surface area contributed by atoms with E-state index < -0.39 is 34.6 Å². The number of hydrogen-bond donors (Lipinski definition) is 4. The van der Waals surface area contributed by atoms with Crippen molar-refractivity contribution in [1.29, 1.82) is 5.41 Å². The van der Waals surface area contributed by atoms with Gasteiger partial charge in [-0.15, -0.1) is 12.4 Å². The van der Waals surface area contributed by atoms with Gasteiger partial charge in [0.15, 0.2) is 11.4 Å². The number of benzene rings is 3. The summed E-state index contributed by atoms with van der Waals surface area (Å²) in [5.41, 5.74) is 9.42. The van der Waals surface area contributed by atoms with Gasteiger partial charge in [0, 0.05) is 19.1 Å². The average molecular weight is 503 g/mol. The highest BCUT2D eigenvalue weighted by molar-refractivity contribution is 5.95. The number of ether oxygens (including phenoxy) is 1. The van der Waals surface area contributed by atoms with E-state index in [0.29, 0.717) is 16.7 Å². The van der Waals surface area contributed by atoms with Gasteiger partial charge < -0.3 is 21.5 Å². The van der Waals surface area contributed by atoms with E-state index in [4.69, 9.17) is 21.6 Å². The smallest absolute Gasteiger partial charge is 0.254 e. The summed E-state index contributed by atoms with van der Waals surface area (Å²) in [6.07, 6.45) is -0.326. The van der Waals surface area contributed by atoms with Crippen LogP contribution in [0.3, 0.4) is 0 Å². The Morgan fingerprint density at radius 1 is 0.971 bits per heavy atom. The van der Waals surface area contributed by atoms with E-state index in [-0.39, 0.29) is 36.8 Å². The zero-order chi connectivity index (χ0) is 24.9. The number of amidine groups is 1. The first kappa shape index (κ1) is 27.4. The zero-order valence-corrected chi connectivity index (χ0v) is 19.6. The lowest BCUT2D eigenvalue weighted by Crippen LogP contribution is -2.46. The molecular weight excluding hydrogens is 478 g/mol. The predicted octanol–water partition coefficient (Wildman–Crippen LogP) is 3.42. The quantitative estimate of drug-likeness (QED) is 0.264. The van der Waals surface area contributed by atoms with Crippen molar-refractivity contribution in [2.24, 2.45) is 11.5 Å². The van der Waals surface area contributed by atoms with Crippen LogP contribution in [0.4, 0.5) is 14.5 Å². The number of nitrogens with one attached hydrogen (secondary N) is 2. The number of carbonyl (C=O) groups excluding carboxylic acids is 2. The molecule has 0 saturated carbocycles. The van der Waals surface area contributed by atoms with Gasteiger partial charge in [0.1, 0.15) is 11.7 Å². The largest absolute Gasteiger partial charge is 0.384 e. The first-order valence-corrected chi connectivity index (χ1v) is 10.3. The maximum absolute atomic E-state index is 15.6. The number of carbonyl (C=O) groups is 2. The molecule has 0 fully saturated rings. The van der Waals surface area contributed by atoms with Gasteiger partial charge in [0.05, 0.1) is 17.7 Å². The Morgan fingerprint density at radius 3 is 2.14 bits per heavy atom. The van der Waals surface area contributed by atoms with Crippen molar-refractivity contribution in [2.75, 3.05) is 12.4 Å². The second kappa shape index (κ2) is 11.5. The molecule has 6 N–H and O–H groups in total. The predicted molar refractivity (Wildman–Crippen MR) is 131 cm³/mol. The fraction of sp³-hybridized carbons (Fsp3) is 0.160. The number of nitrogens with two attached hydrogens (primary N) is 2. The molecule has 0 radical (unpaired) electrons. The summed E-state index contributed by atoms with van der Waals surface area (Å²) < 4.78 is 35.9. The third kappa shape index (κ3) is 6.00. The summed E-state index contributed by atoms with van der Waals surface area (Å²) >= 11 is 0. The maximum atomic E-state index is 15.6. The third-order valence-corrected chi connectivity index (χ3v) is 5.44. The van der Waals surface area contributed by atoms with Gasteiger partial charge in [-0.3, -0.25) is 15.0 Å². The SMILES string of the molecule is COC(Cc1ccc(C(=N)N)cc1)(C(N)=O)c1c(F)ccc(NC(=O)Cc2ccccc2)c1F.Cl. The fourth-order valence-electron chi connectivity index (χ4n) is 3.66. The number of hydrogen-bond acceptors (Lipinski definition) is 4. The average Bonchev–Trinajstić information content (AvgIpc) is 2.81. The minimum Gasteiger partial charge on any atom is -0.384 e. The summed E-state index contributed by atoms with van der Waals surface area (Å²) in [5, 5.41) is 9.90. The van der Waals surface area contributed by atoms with Gasteiger partial charge in [-0.2, -0.15) is 0 Å². The molecule has 10 heteroatoms. The molecule has 3 rings (SSSR count). The van der Waals surface area contributed by atoms with Gasteiger partial charge in [0.25, 0.3) is 5.91 Å². The lowest BCUT2D eigenvalue weighted by Gasteiger charge is -2.31. The molecule has 3 aromatic carbocycles. The summed E-state index contributed by atoms with van der Waals surface area (Å²) in [7, 11) is 1.12. The van der Waals surface area contributed by atoms with E-state index in [0.717, 1.165) is 19.2 Å². The van der Waals surface area contributed by atoms with Crippen molar-refractivity contribution < 1.29 is 23.1 Å². The molecular formula is C25H25ClF2N4O3. The number of methoxy groups -OCH3 is 1. The first-order chi connectivity index (χ1) is 16.2. The molecule has 3 aromatic rings. The number of nitrogen functional groups attached to an aromatic ring is 1. The van der Waals surface area contributed by atoms with E-state index in [1.165, 1.54) is 12.1 Å². The van der Waals surface area contributed by atoms with Crippen molar-refractivity contribution >= 4 is 35.7 Å². The molecule has 0 spiro atoms. The molecule has 35 heavy (non-hydrogen) atoms. The number of anilines is 1. The third-order valence-electron chi connectivity index (χ3n) is 5.44. The molecule has 0 bridgehead atoms. The lowest BCUT2D eigenvalue weighted by atomic mass is 9.84. The highest BCUT2D eigenvalue weighted by atomic mass is 35.5. The van der Waals surface area contributed by atoms with Crippen LogP contribution in [-0.4, -0.2) is 24.8 Å². The van der Waals surface area contributed by atoms with Crippen molar-refractivity contribution in [1.82, 2.24) is 0 Å². The number of primary amides is 1. The van der Waals surface area contributed by atoms with Crippen LogP contribution >= 0.6 is 12.4 Å². The molecule has 0 aliphatic rings. The van der Waals surface area contributed by atoms with Gasteiger partial charge in [-0.1, -0.05) is 54.6 Å². The molecule has 0 heterocycles. The summed E-state index contributed by atoms with van der Waals surface area (Å²) in [6.45, 7) is 0. The number of amides is 2. The van der Waals surface area contributed by atoms with Gasteiger partial charge >= 0.3 is 0 Å². The second-order valence-corrected chi connectivity index (χ2v) is 7.68. The van der Waals surface area contributed by atoms with Crippen LogP contribution < -0.4 is 16.8 Å². The molecule has 2 amide bonds. The minimum atomic E-state index is -2.20. The van der Waals surface area contributed by atoms with Crippen LogP contribution in [0.15, 0.2) is 66.7 Å². The molecule has 0 aliphatic carbocycles. The van der Waals surface area contributed by atoms with Crippen molar-refractivity contribution in [3.8, 4) is 0 Å². The monoisotopic (exact) mass is 502 g/mol. The normalized spacial score (nSPS) is 12.2. The molecule has 7 nitrogen and oxygen atoms in total. The Morgan fingerprint density at radius 2 is 1.60 bits per heavy atom. The Bertz CT molecular complexity index is 1220. The number of halogens is 3. The Kier molecular flexibility index (Phi) is 9.05. The van der Waals surface area contributed by atoms with Crippen molar-refractivity contribution in [3.63, 3.8) is 0 Å². The van der Waals surface area contributed by atoms with Gasteiger partial charge in [-0.25, -0.2) is 8.78 Å². The van der Waals surface area contributed by atoms with Gasteiger partial charge in [0.2, 0.25) is 5.91 Å². The summed E-state index contributed by atoms with van der Waals surface area (Å²) in [6, 6.07) is 17.0. The highest BCUT2D eigenvalue weighted by Crippen LogP contribution is 2.36. The van der Waals surface area contributed by atoms with E-state index in [1.807, 2.05) is 0 Å². The second-order valence-electron chi connectivity index (χ2n) is 7.68. The van der Waals surface area contributed by atoms with Crippen LogP contribution in [-0.2, 0) is 32.8 Å². The van der Waals surface area contributed by atoms with Crippen LogP contribution in [0.25, 0.3) is 0 Å². The molecule has 0 aromatic heterocycles. The van der Waals surface area contributed by atoms with E-state index in [9.17, 15) is 14.0 Å². The molecule has 0 saturated heterocycles. The first-order valence-electron chi connectivity index (χ1n) is 10.3. The molecule has 0 aliphatic heterocycles. The fourth-order valence-corrected chi connectivity index (χ4v) is 3.66. The summed E-state index contributed by atoms with van der Waals surface area (Å²) in [4.78, 5) is 25.0. The Balaban J connectivity index is 0.00000432. The minimum absolute atomic E-state index is 0. The van der Waals surface area contributed by atoms with Gasteiger partial charge in [-0.05, 0) is 23.3 Å². The van der Waals surface area contributed by atoms with E-state index >= 15 is 4.39 Å². The molecule has 1 unspecified atom stereocenters. The Labute approximate surface area is 207 Å². The van der Waals surface area contributed by atoms with E-state index in [1.54, 1.807) is 42.5 Å². The maximum Gasteiger partial charge on any atom is 0.254 e. The van der Waals surface area contributed by atoms with Crippen LogP contribution in [0.5, 0.6) is 0 Å². The highest BCUT2D eigenvalue weighted by Gasteiger charge is 2.44. The van der Waals surface area contributed by atoms with Crippen LogP contribution in [0.1, 0.15) is 22.3 Å². The van der Waals surface area contributed by atoms with Crippen LogP contribution in [0.2, 0.25) is 0 Å². The van der Waals surface area contributed by atoms with E-state index in [2.05, 4.69) is 5.32 Å². The molecule has 184 valence electrons.